The predicted octanol–water partition coefficient (Wildman–Crippen LogP) is 3.34. The Bertz CT molecular complexity index is 349. The van der Waals surface area contributed by atoms with Crippen LogP contribution in [0.4, 0.5) is 17.6 Å². The van der Waals surface area contributed by atoms with E-state index >= 15 is 0 Å². The van der Waals surface area contributed by atoms with Crippen molar-refractivity contribution in [3.05, 3.63) is 29.3 Å². The molecular weight excluding hydrogens is 212 g/mol. The van der Waals surface area contributed by atoms with E-state index in [1.165, 1.54) is 13.0 Å². The van der Waals surface area contributed by atoms with Gasteiger partial charge in [-0.15, -0.1) is 0 Å². The summed E-state index contributed by atoms with van der Waals surface area (Å²) in [5, 5.41) is 0. The van der Waals surface area contributed by atoms with E-state index in [-0.39, 0.29) is 5.75 Å². The van der Waals surface area contributed by atoms with Crippen LogP contribution in [0.5, 0.6) is 5.75 Å². The van der Waals surface area contributed by atoms with Crippen LogP contribution in [0.3, 0.4) is 0 Å². The highest BCUT2D eigenvalue weighted by Gasteiger charge is 2.44. The largest absolute Gasteiger partial charge is 0.461 e. The van der Waals surface area contributed by atoms with Crippen LogP contribution in [-0.4, -0.2) is 12.5 Å². The Hall–Kier alpha value is -1.26. The zero-order valence-corrected chi connectivity index (χ0v) is 8.15. The van der Waals surface area contributed by atoms with Crippen LogP contribution in [0.15, 0.2) is 12.1 Å². The molecule has 0 fully saturated rings. The molecule has 0 unspecified atom stereocenters. The zero-order valence-electron chi connectivity index (χ0n) is 8.15. The second-order valence-electron chi connectivity index (χ2n) is 3.12. The number of aryl methyl sites for hydroxylation is 2. The van der Waals surface area contributed by atoms with E-state index in [2.05, 4.69) is 10.8 Å². The van der Waals surface area contributed by atoms with E-state index in [4.69, 9.17) is 0 Å². The monoisotopic (exact) mass is 221 g/mol. The third kappa shape index (κ3) is 2.84. The highest BCUT2D eigenvalue weighted by molar-refractivity contribution is 5.34. The third-order valence-corrected chi connectivity index (χ3v) is 1.74. The summed E-state index contributed by atoms with van der Waals surface area (Å²) in [4.78, 5) is 0. The van der Waals surface area contributed by atoms with E-state index < -0.39 is 12.5 Å². The molecular formula is C10H9F4O. The van der Waals surface area contributed by atoms with Gasteiger partial charge in [0.1, 0.15) is 5.75 Å². The molecule has 15 heavy (non-hydrogen) atoms. The molecule has 0 aliphatic rings. The van der Waals surface area contributed by atoms with Crippen LogP contribution < -0.4 is 4.74 Å². The Morgan fingerprint density at radius 1 is 1.27 bits per heavy atom. The van der Waals surface area contributed by atoms with Crippen molar-refractivity contribution in [1.29, 1.82) is 0 Å². The molecule has 0 saturated heterocycles. The molecule has 5 heteroatoms. The van der Waals surface area contributed by atoms with Crippen LogP contribution in [-0.2, 0) is 0 Å². The van der Waals surface area contributed by atoms with Gasteiger partial charge in [0.2, 0.25) is 0 Å². The van der Waals surface area contributed by atoms with Gasteiger partial charge in [0.15, 0.2) is 0 Å². The molecule has 0 aromatic heterocycles. The first-order chi connectivity index (χ1) is 6.83. The molecule has 0 amide bonds. The lowest BCUT2D eigenvalue weighted by Gasteiger charge is -2.18. The molecule has 1 nitrogen and oxygen atoms in total. The van der Waals surface area contributed by atoms with Gasteiger partial charge in [-0.1, -0.05) is 12.1 Å². The fourth-order valence-corrected chi connectivity index (χ4v) is 0.932. The Labute approximate surface area is 84.7 Å². The van der Waals surface area contributed by atoms with Crippen molar-refractivity contribution < 1.29 is 22.3 Å². The van der Waals surface area contributed by atoms with Crippen molar-refractivity contribution in [2.75, 3.05) is 0 Å². The highest BCUT2D eigenvalue weighted by atomic mass is 19.3. The Kier molecular flexibility index (Phi) is 3.21. The zero-order chi connectivity index (χ0) is 11.6. The minimum Gasteiger partial charge on any atom is -0.427 e. The standard InChI is InChI=1S/C10H9F4O/c1-6-3-4-7(2)8(5-6)15-10(13,14)9(11)12/h3-4,9H,1-2H3. The maximum Gasteiger partial charge on any atom is 0.461 e. The Morgan fingerprint density at radius 3 is 2.40 bits per heavy atom. The molecule has 0 heterocycles. The van der Waals surface area contributed by atoms with Gasteiger partial charge in [-0.3, -0.25) is 0 Å². The van der Waals surface area contributed by atoms with E-state index in [1.54, 1.807) is 13.0 Å². The smallest absolute Gasteiger partial charge is 0.427 e. The van der Waals surface area contributed by atoms with Gasteiger partial charge in [0.25, 0.3) is 0 Å². The van der Waals surface area contributed by atoms with Gasteiger partial charge < -0.3 is 4.74 Å². The molecule has 0 saturated carbocycles. The number of ether oxygens (including phenoxy) is 1. The molecule has 83 valence electrons. The Morgan fingerprint density at radius 2 is 1.87 bits per heavy atom. The van der Waals surface area contributed by atoms with Crippen molar-refractivity contribution in [3.8, 4) is 5.75 Å². The fourth-order valence-electron chi connectivity index (χ4n) is 0.932. The minimum absolute atomic E-state index is 0.334. The molecule has 0 spiro atoms. The van der Waals surface area contributed by atoms with Gasteiger partial charge in [-0.25, -0.2) is 0 Å². The summed E-state index contributed by atoms with van der Waals surface area (Å²) in [5.41, 5.74) is 0.876. The number of benzene rings is 1. The first kappa shape index (κ1) is 11.8. The van der Waals surface area contributed by atoms with Gasteiger partial charge >= 0.3 is 12.5 Å². The van der Waals surface area contributed by atoms with Crippen LogP contribution in [0.1, 0.15) is 11.1 Å². The van der Waals surface area contributed by atoms with Crippen molar-refractivity contribution in [3.63, 3.8) is 0 Å². The first-order valence-corrected chi connectivity index (χ1v) is 4.17. The SMILES string of the molecule is Cc1[c]c(OC(F)(F)C(F)F)c(C)cc1. The molecule has 0 aliphatic heterocycles. The lowest BCUT2D eigenvalue weighted by Crippen LogP contribution is -2.33. The molecule has 1 radical (unpaired) electrons. The van der Waals surface area contributed by atoms with E-state index in [9.17, 15) is 17.6 Å². The van der Waals surface area contributed by atoms with Crippen LogP contribution >= 0.6 is 0 Å². The molecule has 0 aliphatic carbocycles. The van der Waals surface area contributed by atoms with Gasteiger partial charge in [-0.05, 0) is 25.0 Å². The minimum atomic E-state index is -4.48. The maximum atomic E-state index is 12.6. The molecule has 0 bridgehead atoms. The van der Waals surface area contributed by atoms with E-state index in [1.807, 2.05) is 0 Å². The number of hydrogen-bond donors (Lipinski definition) is 0. The molecule has 0 atom stereocenters. The quantitative estimate of drug-likeness (QED) is 0.711. The number of hydrogen-bond acceptors (Lipinski definition) is 1. The highest BCUT2D eigenvalue weighted by Crippen LogP contribution is 2.29. The maximum absolute atomic E-state index is 12.6. The second kappa shape index (κ2) is 4.08. The van der Waals surface area contributed by atoms with Gasteiger partial charge in [-0.2, -0.15) is 17.6 Å². The average Bonchev–Trinajstić information content (AvgIpc) is 2.10. The first-order valence-electron chi connectivity index (χ1n) is 4.17. The van der Waals surface area contributed by atoms with Crippen LogP contribution in [0.2, 0.25) is 0 Å². The molecule has 1 aromatic rings. The van der Waals surface area contributed by atoms with E-state index in [0.717, 1.165) is 0 Å². The van der Waals surface area contributed by atoms with Crippen LogP contribution in [0, 0.1) is 19.9 Å². The van der Waals surface area contributed by atoms with Crippen molar-refractivity contribution in [2.45, 2.75) is 26.4 Å². The molecule has 0 N–H and O–H groups in total. The van der Waals surface area contributed by atoms with Crippen molar-refractivity contribution >= 4 is 0 Å². The average molecular weight is 221 g/mol. The predicted molar refractivity (Wildman–Crippen MR) is 46.3 cm³/mol. The van der Waals surface area contributed by atoms with Crippen LogP contribution in [0.25, 0.3) is 0 Å². The summed E-state index contributed by atoms with van der Waals surface area (Å²) in [6.07, 6.45) is -8.33. The van der Waals surface area contributed by atoms with Gasteiger partial charge in [0, 0.05) is 6.07 Å². The Balaban J connectivity index is 2.94. The summed E-state index contributed by atoms with van der Waals surface area (Å²) in [6, 6.07) is 5.58. The molecule has 1 aromatic carbocycles. The summed E-state index contributed by atoms with van der Waals surface area (Å²) >= 11 is 0. The lowest BCUT2D eigenvalue weighted by molar-refractivity contribution is -0.253. The van der Waals surface area contributed by atoms with Crippen molar-refractivity contribution in [2.24, 2.45) is 0 Å². The lowest BCUT2D eigenvalue weighted by atomic mass is 10.1. The third-order valence-electron chi connectivity index (χ3n) is 1.74. The summed E-state index contributed by atoms with van der Waals surface area (Å²) < 4.78 is 52.7. The molecule has 1 rings (SSSR count). The second-order valence-corrected chi connectivity index (χ2v) is 3.12. The van der Waals surface area contributed by atoms with E-state index in [0.29, 0.717) is 11.1 Å². The van der Waals surface area contributed by atoms with Gasteiger partial charge in [0.05, 0.1) is 0 Å². The summed E-state index contributed by atoms with van der Waals surface area (Å²) in [7, 11) is 0. The normalized spacial score (nSPS) is 11.9. The fraction of sp³-hybridized carbons (Fsp3) is 0.400. The number of rotatable bonds is 3. The summed E-state index contributed by atoms with van der Waals surface area (Å²) in [5.74, 6) is -0.347. The van der Waals surface area contributed by atoms with Crippen molar-refractivity contribution in [1.82, 2.24) is 0 Å². The number of halogens is 4. The topological polar surface area (TPSA) is 9.23 Å². The summed E-state index contributed by atoms with van der Waals surface area (Å²) in [6.45, 7) is 3.08. The number of alkyl halides is 4.